The summed E-state index contributed by atoms with van der Waals surface area (Å²) < 4.78 is 5.72. The average molecular weight is 183 g/mol. The quantitative estimate of drug-likeness (QED) is 0.719. The minimum atomic E-state index is 0.194. The Hall–Kier alpha value is -0.0800. The lowest BCUT2D eigenvalue weighted by Crippen LogP contribution is -2.59. The molecule has 0 aromatic heterocycles. The van der Waals surface area contributed by atoms with E-state index in [2.05, 4.69) is 12.4 Å². The van der Waals surface area contributed by atoms with Crippen molar-refractivity contribution in [2.24, 2.45) is 5.92 Å². The molecule has 76 valence electrons. The van der Waals surface area contributed by atoms with Crippen LogP contribution in [0.2, 0.25) is 0 Å². The topological polar surface area (TPSA) is 21.3 Å². The lowest BCUT2D eigenvalue weighted by atomic mass is 9.65. The van der Waals surface area contributed by atoms with Crippen LogP contribution in [0.1, 0.15) is 38.5 Å². The highest BCUT2D eigenvalue weighted by Crippen LogP contribution is 2.44. The lowest BCUT2D eigenvalue weighted by molar-refractivity contribution is -0.117. The Bertz CT molecular complexity index is 167. The van der Waals surface area contributed by atoms with E-state index in [1.807, 2.05) is 7.11 Å². The van der Waals surface area contributed by atoms with Gasteiger partial charge in [0.05, 0.1) is 5.60 Å². The molecule has 2 heteroatoms. The van der Waals surface area contributed by atoms with Crippen LogP contribution >= 0.6 is 0 Å². The van der Waals surface area contributed by atoms with Gasteiger partial charge in [-0.05, 0) is 45.1 Å². The summed E-state index contributed by atoms with van der Waals surface area (Å²) in [4.78, 5) is 0. The fraction of sp³-hybridized carbons (Fsp3) is 1.00. The Labute approximate surface area is 81.0 Å². The molecule has 0 aromatic carbocycles. The molecule has 2 saturated carbocycles. The monoisotopic (exact) mass is 183 g/mol. The fourth-order valence-electron chi connectivity index (χ4n) is 2.87. The van der Waals surface area contributed by atoms with Crippen LogP contribution in [0.3, 0.4) is 0 Å². The molecule has 1 unspecified atom stereocenters. The van der Waals surface area contributed by atoms with Crippen molar-refractivity contribution in [3.05, 3.63) is 0 Å². The van der Waals surface area contributed by atoms with E-state index in [0.29, 0.717) is 6.04 Å². The second-order valence-corrected chi connectivity index (χ2v) is 4.58. The molecule has 2 aliphatic rings. The molecule has 0 aromatic rings. The number of methoxy groups -OCH3 is 1. The Balaban J connectivity index is 2.00. The van der Waals surface area contributed by atoms with Gasteiger partial charge in [-0.3, -0.25) is 0 Å². The maximum absolute atomic E-state index is 5.72. The van der Waals surface area contributed by atoms with Gasteiger partial charge in [0, 0.05) is 13.2 Å². The Morgan fingerprint density at radius 1 is 1.31 bits per heavy atom. The molecule has 1 N–H and O–H groups in total. The number of nitrogens with one attached hydrogen (secondary N) is 1. The maximum Gasteiger partial charge on any atom is 0.0833 e. The molecular weight excluding hydrogens is 162 g/mol. The maximum atomic E-state index is 5.72. The first kappa shape index (κ1) is 9.47. The standard InChI is InChI=1S/C11H21NO/c1-12-10(9-5-3-6-9)11(13-2)7-4-8-11/h9-10,12H,3-8H2,1-2H3. The van der Waals surface area contributed by atoms with Gasteiger partial charge < -0.3 is 10.1 Å². The summed E-state index contributed by atoms with van der Waals surface area (Å²) in [6.07, 6.45) is 8.08. The van der Waals surface area contributed by atoms with Crippen LogP contribution in [0.5, 0.6) is 0 Å². The number of ether oxygens (including phenoxy) is 1. The molecule has 2 aliphatic carbocycles. The van der Waals surface area contributed by atoms with Gasteiger partial charge in [0.2, 0.25) is 0 Å². The Morgan fingerprint density at radius 2 is 2.00 bits per heavy atom. The van der Waals surface area contributed by atoms with Crippen molar-refractivity contribution in [2.45, 2.75) is 50.2 Å². The summed E-state index contributed by atoms with van der Waals surface area (Å²) in [5.74, 6) is 0.880. The highest BCUT2D eigenvalue weighted by atomic mass is 16.5. The van der Waals surface area contributed by atoms with Crippen molar-refractivity contribution in [1.82, 2.24) is 5.32 Å². The van der Waals surface area contributed by atoms with Gasteiger partial charge in [0.15, 0.2) is 0 Å². The lowest BCUT2D eigenvalue weighted by Gasteiger charge is -2.51. The van der Waals surface area contributed by atoms with Crippen molar-refractivity contribution in [3.8, 4) is 0 Å². The fourth-order valence-corrected chi connectivity index (χ4v) is 2.87. The van der Waals surface area contributed by atoms with Crippen LogP contribution in [0.15, 0.2) is 0 Å². The van der Waals surface area contributed by atoms with E-state index in [0.717, 1.165) is 5.92 Å². The number of rotatable bonds is 4. The first-order valence-corrected chi connectivity index (χ1v) is 5.55. The molecule has 0 spiro atoms. The summed E-state index contributed by atoms with van der Waals surface area (Å²) in [7, 11) is 3.96. The third kappa shape index (κ3) is 1.40. The zero-order valence-corrected chi connectivity index (χ0v) is 8.81. The highest BCUT2D eigenvalue weighted by molar-refractivity contribution is 5.03. The van der Waals surface area contributed by atoms with Crippen molar-refractivity contribution < 1.29 is 4.74 Å². The first-order chi connectivity index (χ1) is 6.32. The second kappa shape index (κ2) is 3.58. The van der Waals surface area contributed by atoms with E-state index in [1.54, 1.807) is 0 Å². The van der Waals surface area contributed by atoms with Gasteiger partial charge in [-0.25, -0.2) is 0 Å². The van der Waals surface area contributed by atoms with Crippen LogP contribution in [-0.2, 0) is 4.74 Å². The predicted molar refractivity (Wildman–Crippen MR) is 53.8 cm³/mol. The van der Waals surface area contributed by atoms with Crippen molar-refractivity contribution in [2.75, 3.05) is 14.2 Å². The zero-order chi connectivity index (χ0) is 9.31. The molecule has 2 nitrogen and oxygen atoms in total. The smallest absolute Gasteiger partial charge is 0.0833 e. The van der Waals surface area contributed by atoms with E-state index >= 15 is 0 Å². The van der Waals surface area contributed by atoms with Crippen molar-refractivity contribution >= 4 is 0 Å². The largest absolute Gasteiger partial charge is 0.377 e. The third-order valence-corrected chi connectivity index (χ3v) is 4.11. The summed E-state index contributed by atoms with van der Waals surface area (Å²) in [5.41, 5.74) is 0.194. The van der Waals surface area contributed by atoms with Gasteiger partial charge in [0.1, 0.15) is 0 Å². The molecule has 0 aliphatic heterocycles. The molecule has 2 rings (SSSR count). The van der Waals surface area contributed by atoms with Crippen LogP contribution in [0, 0.1) is 5.92 Å². The van der Waals surface area contributed by atoms with Gasteiger partial charge >= 0.3 is 0 Å². The first-order valence-electron chi connectivity index (χ1n) is 5.55. The third-order valence-electron chi connectivity index (χ3n) is 4.11. The second-order valence-electron chi connectivity index (χ2n) is 4.58. The van der Waals surface area contributed by atoms with Crippen LogP contribution in [0.25, 0.3) is 0 Å². The predicted octanol–water partition coefficient (Wildman–Crippen LogP) is 1.94. The molecule has 1 atom stereocenters. The van der Waals surface area contributed by atoms with E-state index in [-0.39, 0.29) is 5.60 Å². The SMILES string of the molecule is CNC(C1CCC1)C1(OC)CCC1. The molecule has 13 heavy (non-hydrogen) atoms. The molecule has 2 fully saturated rings. The van der Waals surface area contributed by atoms with Gasteiger partial charge in [-0.1, -0.05) is 6.42 Å². The molecular formula is C11H21NO. The normalized spacial score (nSPS) is 29.1. The average Bonchev–Trinajstić information content (AvgIpc) is 1.98. The summed E-state index contributed by atoms with van der Waals surface area (Å²) >= 11 is 0. The minimum absolute atomic E-state index is 0.194. The van der Waals surface area contributed by atoms with Crippen LogP contribution < -0.4 is 5.32 Å². The van der Waals surface area contributed by atoms with Crippen LogP contribution in [-0.4, -0.2) is 25.8 Å². The Kier molecular flexibility index (Phi) is 2.61. The number of likely N-dealkylation sites (N-methyl/N-ethyl adjacent to an activating group) is 1. The summed E-state index contributed by atoms with van der Waals surface area (Å²) in [6, 6.07) is 0.611. The van der Waals surface area contributed by atoms with Crippen LogP contribution in [0.4, 0.5) is 0 Å². The summed E-state index contributed by atoms with van der Waals surface area (Å²) in [5, 5.41) is 3.47. The Morgan fingerprint density at radius 3 is 2.23 bits per heavy atom. The van der Waals surface area contributed by atoms with Crippen molar-refractivity contribution in [1.29, 1.82) is 0 Å². The van der Waals surface area contributed by atoms with E-state index < -0.39 is 0 Å². The highest BCUT2D eigenvalue weighted by Gasteiger charge is 2.48. The number of hydrogen-bond acceptors (Lipinski definition) is 2. The van der Waals surface area contributed by atoms with Gasteiger partial charge in [0.25, 0.3) is 0 Å². The zero-order valence-electron chi connectivity index (χ0n) is 8.81. The van der Waals surface area contributed by atoms with E-state index in [9.17, 15) is 0 Å². The molecule has 0 bridgehead atoms. The molecule has 0 saturated heterocycles. The van der Waals surface area contributed by atoms with Gasteiger partial charge in [-0.15, -0.1) is 0 Å². The minimum Gasteiger partial charge on any atom is -0.377 e. The molecule has 0 heterocycles. The number of hydrogen-bond donors (Lipinski definition) is 1. The van der Waals surface area contributed by atoms with E-state index in [1.165, 1.54) is 38.5 Å². The summed E-state index contributed by atoms with van der Waals surface area (Å²) in [6.45, 7) is 0. The van der Waals surface area contributed by atoms with Gasteiger partial charge in [-0.2, -0.15) is 0 Å². The molecule has 0 radical (unpaired) electrons. The molecule has 0 amide bonds. The van der Waals surface area contributed by atoms with Crippen molar-refractivity contribution in [3.63, 3.8) is 0 Å². The van der Waals surface area contributed by atoms with E-state index in [4.69, 9.17) is 4.74 Å².